The minimum atomic E-state index is -0.294. The van der Waals surface area contributed by atoms with Gasteiger partial charge >= 0.3 is 0 Å². The summed E-state index contributed by atoms with van der Waals surface area (Å²) in [5.41, 5.74) is 1.56. The van der Waals surface area contributed by atoms with Gasteiger partial charge in [-0.15, -0.1) is 11.8 Å². The Morgan fingerprint density at radius 3 is 2.63 bits per heavy atom. The van der Waals surface area contributed by atoms with Gasteiger partial charge in [0.25, 0.3) is 0 Å². The van der Waals surface area contributed by atoms with E-state index in [-0.39, 0.29) is 5.82 Å². The molecule has 0 radical (unpaired) electrons. The minimum absolute atomic E-state index is 0.294. The van der Waals surface area contributed by atoms with Crippen LogP contribution in [0.4, 0.5) is 15.8 Å². The fraction of sp³-hybridized carbons (Fsp3) is 0.0714. The van der Waals surface area contributed by atoms with Crippen molar-refractivity contribution in [3.63, 3.8) is 0 Å². The number of halogens is 1. The number of thiocarbonyl (C=S) groups is 1. The summed E-state index contributed by atoms with van der Waals surface area (Å²) in [7, 11) is 0. The zero-order valence-electron chi connectivity index (χ0n) is 10.3. The fourth-order valence-electron chi connectivity index (χ4n) is 1.60. The SMILES string of the molecule is CSc1ccccc1NC(=S)Nc1cccc(F)c1. The summed E-state index contributed by atoms with van der Waals surface area (Å²) in [6.07, 6.45) is 2.00. The highest BCUT2D eigenvalue weighted by molar-refractivity contribution is 7.98. The molecule has 2 aromatic carbocycles. The van der Waals surface area contributed by atoms with Gasteiger partial charge in [0.2, 0.25) is 0 Å². The topological polar surface area (TPSA) is 24.1 Å². The Morgan fingerprint density at radius 2 is 1.89 bits per heavy atom. The van der Waals surface area contributed by atoms with Gasteiger partial charge in [0.1, 0.15) is 5.82 Å². The number of nitrogens with one attached hydrogen (secondary N) is 2. The minimum Gasteiger partial charge on any atom is -0.332 e. The number of hydrogen-bond donors (Lipinski definition) is 2. The van der Waals surface area contributed by atoms with E-state index in [0.717, 1.165) is 10.6 Å². The van der Waals surface area contributed by atoms with E-state index in [9.17, 15) is 4.39 Å². The molecule has 0 unspecified atom stereocenters. The van der Waals surface area contributed by atoms with E-state index >= 15 is 0 Å². The van der Waals surface area contributed by atoms with Crippen LogP contribution in [-0.4, -0.2) is 11.4 Å². The number of anilines is 2. The Kier molecular flexibility index (Phi) is 4.76. The summed E-state index contributed by atoms with van der Waals surface area (Å²) in [5, 5.41) is 6.50. The first kappa shape index (κ1) is 13.8. The lowest BCUT2D eigenvalue weighted by molar-refractivity contribution is 0.628. The molecule has 0 amide bonds. The predicted molar refractivity (Wildman–Crippen MR) is 84.5 cm³/mol. The lowest BCUT2D eigenvalue weighted by Gasteiger charge is -2.13. The van der Waals surface area contributed by atoms with E-state index in [1.807, 2.05) is 30.5 Å². The monoisotopic (exact) mass is 292 g/mol. The molecule has 0 atom stereocenters. The van der Waals surface area contributed by atoms with Crippen molar-refractivity contribution in [1.29, 1.82) is 0 Å². The third kappa shape index (κ3) is 3.94. The molecule has 2 N–H and O–H groups in total. The van der Waals surface area contributed by atoms with Crippen molar-refractivity contribution in [3.8, 4) is 0 Å². The summed E-state index contributed by atoms with van der Waals surface area (Å²) in [5.74, 6) is -0.294. The summed E-state index contributed by atoms with van der Waals surface area (Å²) in [6, 6.07) is 14.1. The van der Waals surface area contributed by atoms with Crippen molar-refractivity contribution in [2.75, 3.05) is 16.9 Å². The summed E-state index contributed by atoms with van der Waals surface area (Å²) in [6.45, 7) is 0. The molecule has 0 saturated heterocycles. The number of benzene rings is 2. The van der Waals surface area contributed by atoms with Crippen LogP contribution < -0.4 is 10.6 Å². The van der Waals surface area contributed by atoms with Crippen LogP contribution in [0.15, 0.2) is 53.4 Å². The van der Waals surface area contributed by atoms with Crippen LogP contribution in [0.2, 0.25) is 0 Å². The van der Waals surface area contributed by atoms with Crippen molar-refractivity contribution in [1.82, 2.24) is 0 Å². The van der Waals surface area contributed by atoms with Crippen LogP contribution in [0.25, 0.3) is 0 Å². The van der Waals surface area contributed by atoms with Gasteiger partial charge < -0.3 is 10.6 Å². The van der Waals surface area contributed by atoms with Gasteiger partial charge in [-0.3, -0.25) is 0 Å². The van der Waals surface area contributed by atoms with E-state index in [1.54, 1.807) is 23.9 Å². The quantitative estimate of drug-likeness (QED) is 0.648. The molecule has 0 aliphatic carbocycles. The third-order valence-electron chi connectivity index (χ3n) is 2.44. The molecule has 2 rings (SSSR count). The second kappa shape index (κ2) is 6.54. The van der Waals surface area contributed by atoms with Crippen molar-refractivity contribution in [2.45, 2.75) is 4.90 Å². The lowest BCUT2D eigenvalue weighted by Crippen LogP contribution is -2.19. The molecule has 19 heavy (non-hydrogen) atoms. The highest BCUT2D eigenvalue weighted by atomic mass is 32.2. The Labute approximate surface area is 121 Å². The average molecular weight is 292 g/mol. The van der Waals surface area contributed by atoms with Gasteiger partial charge in [-0.2, -0.15) is 0 Å². The number of hydrogen-bond acceptors (Lipinski definition) is 2. The summed E-state index contributed by atoms with van der Waals surface area (Å²) >= 11 is 6.85. The van der Waals surface area contributed by atoms with Crippen LogP contribution in [0.3, 0.4) is 0 Å². The molecule has 0 aliphatic heterocycles. The normalized spacial score (nSPS) is 10.0. The number of thioether (sulfide) groups is 1. The third-order valence-corrected chi connectivity index (χ3v) is 3.44. The maximum Gasteiger partial charge on any atom is 0.175 e. The molecule has 0 spiro atoms. The maximum atomic E-state index is 13.1. The number of rotatable bonds is 3. The zero-order valence-corrected chi connectivity index (χ0v) is 11.9. The highest BCUT2D eigenvalue weighted by Crippen LogP contribution is 2.24. The van der Waals surface area contributed by atoms with Gasteiger partial charge in [-0.05, 0) is 48.8 Å². The van der Waals surface area contributed by atoms with Crippen LogP contribution in [0.1, 0.15) is 0 Å². The summed E-state index contributed by atoms with van der Waals surface area (Å²) < 4.78 is 13.1. The standard InChI is InChI=1S/C14H13FN2S2/c1-19-13-8-3-2-7-12(13)17-14(18)16-11-6-4-5-10(15)9-11/h2-9H,1H3,(H2,16,17,18). The van der Waals surface area contributed by atoms with Gasteiger partial charge in [-0.25, -0.2) is 4.39 Å². The van der Waals surface area contributed by atoms with Crippen molar-refractivity contribution in [3.05, 3.63) is 54.3 Å². The largest absolute Gasteiger partial charge is 0.332 e. The Hall–Kier alpha value is -1.59. The second-order valence-corrected chi connectivity index (χ2v) is 5.05. The lowest BCUT2D eigenvalue weighted by atomic mass is 10.3. The van der Waals surface area contributed by atoms with Gasteiger partial charge in [0.05, 0.1) is 5.69 Å². The van der Waals surface area contributed by atoms with Crippen molar-refractivity contribution < 1.29 is 4.39 Å². The van der Waals surface area contributed by atoms with Crippen LogP contribution in [-0.2, 0) is 0 Å². The van der Waals surface area contributed by atoms with Crippen molar-refractivity contribution in [2.24, 2.45) is 0 Å². The van der Waals surface area contributed by atoms with E-state index in [0.29, 0.717) is 10.8 Å². The molecule has 5 heteroatoms. The zero-order chi connectivity index (χ0) is 13.7. The molecule has 0 saturated carbocycles. The highest BCUT2D eigenvalue weighted by Gasteiger charge is 2.03. The average Bonchev–Trinajstić information content (AvgIpc) is 2.39. The van der Waals surface area contributed by atoms with E-state index in [2.05, 4.69) is 10.6 Å². The van der Waals surface area contributed by atoms with E-state index in [4.69, 9.17) is 12.2 Å². The Bertz CT molecular complexity index is 587. The summed E-state index contributed by atoms with van der Waals surface area (Å²) in [4.78, 5) is 1.10. The molecular weight excluding hydrogens is 279 g/mol. The first-order chi connectivity index (χ1) is 9.19. The number of para-hydroxylation sites is 1. The van der Waals surface area contributed by atoms with Gasteiger partial charge in [0, 0.05) is 10.6 Å². The van der Waals surface area contributed by atoms with Crippen LogP contribution >= 0.6 is 24.0 Å². The molecule has 0 bridgehead atoms. The van der Waals surface area contributed by atoms with E-state index in [1.165, 1.54) is 12.1 Å². The molecule has 2 aromatic rings. The predicted octanol–water partition coefficient (Wildman–Crippen LogP) is 4.36. The Balaban J connectivity index is 2.05. The molecule has 0 heterocycles. The molecule has 0 aromatic heterocycles. The van der Waals surface area contributed by atoms with Gasteiger partial charge in [0.15, 0.2) is 5.11 Å². The molecule has 2 nitrogen and oxygen atoms in total. The maximum absolute atomic E-state index is 13.1. The van der Waals surface area contributed by atoms with E-state index < -0.39 is 0 Å². The molecule has 0 aliphatic rings. The molecule has 0 fully saturated rings. The molecule has 98 valence electrons. The Morgan fingerprint density at radius 1 is 1.11 bits per heavy atom. The second-order valence-electron chi connectivity index (χ2n) is 3.79. The smallest absolute Gasteiger partial charge is 0.175 e. The first-order valence-corrected chi connectivity index (χ1v) is 7.29. The van der Waals surface area contributed by atoms with Gasteiger partial charge in [-0.1, -0.05) is 18.2 Å². The first-order valence-electron chi connectivity index (χ1n) is 5.65. The van der Waals surface area contributed by atoms with Crippen LogP contribution in [0.5, 0.6) is 0 Å². The molecular formula is C14H13FN2S2. The van der Waals surface area contributed by atoms with Crippen LogP contribution in [0, 0.1) is 5.82 Å². The van der Waals surface area contributed by atoms with Crippen molar-refractivity contribution >= 4 is 40.5 Å². The fourth-order valence-corrected chi connectivity index (χ4v) is 2.38.